The molecule has 3 rings (SSSR count). The molecule has 0 bridgehead atoms. The van der Waals surface area contributed by atoms with Gasteiger partial charge in [-0.15, -0.1) is 0 Å². The van der Waals surface area contributed by atoms with Crippen LogP contribution in [0.1, 0.15) is 44.0 Å². The molecule has 22 heavy (non-hydrogen) atoms. The van der Waals surface area contributed by atoms with Gasteiger partial charge < -0.3 is 9.52 Å². The first-order valence-corrected chi connectivity index (χ1v) is 8.11. The van der Waals surface area contributed by atoms with Crippen LogP contribution in [0.4, 0.5) is 0 Å². The molecule has 6 nitrogen and oxygen atoms in total. The minimum absolute atomic E-state index is 0.395. The van der Waals surface area contributed by atoms with Crippen LogP contribution in [0.15, 0.2) is 35.5 Å². The van der Waals surface area contributed by atoms with Crippen molar-refractivity contribution in [1.82, 2.24) is 19.7 Å². The molecule has 1 aliphatic heterocycles. The molecule has 120 valence electrons. The van der Waals surface area contributed by atoms with Crippen molar-refractivity contribution in [3.05, 3.63) is 36.8 Å². The van der Waals surface area contributed by atoms with Crippen LogP contribution in [0, 0.1) is 0 Å². The summed E-state index contributed by atoms with van der Waals surface area (Å²) in [5.41, 5.74) is 0. The minimum Gasteiger partial charge on any atom is -0.467 e. The quantitative estimate of drug-likeness (QED) is 0.886. The number of aromatic nitrogens is 3. The second-order valence-electron chi connectivity index (χ2n) is 5.96. The van der Waals surface area contributed by atoms with Gasteiger partial charge in [0.25, 0.3) is 0 Å². The van der Waals surface area contributed by atoms with Crippen LogP contribution in [0.3, 0.4) is 0 Å². The maximum absolute atomic E-state index is 10.4. The number of furan rings is 1. The molecule has 0 aromatic carbocycles. The lowest BCUT2D eigenvalue weighted by atomic mass is 10.0. The summed E-state index contributed by atoms with van der Waals surface area (Å²) in [7, 11) is 0. The molecule has 0 spiro atoms. The summed E-state index contributed by atoms with van der Waals surface area (Å²) < 4.78 is 7.20. The first-order chi connectivity index (χ1) is 10.8. The van der Waals surface area contributed by atoms with Crippen molar-refractivity contribution >= 4 is 0 Å². The molecule has 6 heteroatoms. The summed E-state index contributed by atoms with van der Waals surface area (Å²) in [4.78, 5) is 6.47. The highest BCUT2D eigenvalue weighted by atomic mass is 16.4. The van der Waals surface area contributed by atoms with Crippen LogP contribution < -0.4 is 0 Å². The van der Waals surface area contributed by atoms with E-state index >= 15 is 0 Å². The molecule has 1 fully saturated rings. The largest absolute Gasteiger partial charge is 0.467 e. The van der Waals surface area contributed by atoms with Crippen molar-refractivity contribution in [2.75, 3.05) is 13.1 Å². The normalized spacial score (nSPS) is 21.6. The molecule has 1 saturated heterocycles. The van der Waals surface area contributed by atoms with Gasteiger partial charge in [-0.3, -0.25) is 9.58 Å². The van der Waals surface area contributed by atoms with E-state index in [0.29, 0.717) is 11.8 Å². The average Bonchev–Trinajstić information content (AvgIpc) is 3.18. The summed E-state index contributed by atoms with van der Waals surface area (Å²) in [6, 6.07) is 4.07. The third kappa shape index (κ3) is 3.96. The van der Waals surface area contributed by atoms with E-state index in [2.05, 4.69) is 15.0 Å². The summed E-state index contributed by atoms with van der Waals surface area (Å²) in [5, 5.41) is 14.5. The van der Waals surface area contributed by atoms with Gasteiger partial charge >= 0.3 is 0 Å². The predicted octanol–water partition coefficient (Wildman–Crippen LogP) is 2.24. The fraction of sp³-hybridized carbons (Fsp3) is 0.625. The van der Waals surface area contributed by atoms with Gasteiger partial charge in [-0.1, -0.05) is 12.8 Å². The zero-order valence-electron chi connectivity index (χ0n) is 12.8. The Kier molecular flexibility index (Phi) is 5.24. The highest BCUT2D eigenvalue weighted by molar-refractivity contribution is 5.02. The van der Waals surface area contributed by atoms with Crippen molar-refractivity contribution in [2.45, 2.75) is 50.8 Å². The highest BCUT2D eigenvalue weighted by Gasteiger charge is 2.25. The molecule has 2 aromatic heterocycles. The third-order valence-electron chi connectivity index (χ3n) is 4.45. The van der Waals surface area contributed by atoms with Gasteiger partial charge in [0.2, 0.25) is 0 Å². The Morgan fingerprint density at radius 1 is 1.32 bits per heavy atom. The summed E-state index contributed by atoms with van der Waals surface area (Å²) >= 11 is 0. The fourth-order valence-electron chi connectivity index (χ4n) is 3.23. The van der Waals surface area contributed by atoms with E-state index in [1.165, 1.54) is 19.3 Å². The van der Waals surface area contributed by atoms with Gasteiger partial charge in [-0.2, -0.15) is 5.10 Å². The molecule has 0 unspecified atom stereocenters. The Morgan fingerprint density at radius 2 is 2.27 bits per heavy atom. The van der Waals surface area contributed by atoms with E-state index in [-0.39, 0.29) is 0 Å². The molecule has 0 radical (unpaired) electrons. The monoisotopic (exact) mass is 304 g/mol. The smallest absolute Gasteiger partial charge is 0.137 e. The maximum Gasteiger partial charge on any atom is 0.137 e. The lowest BCUT2D eigenvalue weighted by Gasteiger charge is -2.31. The number of nitrogens with zero attached hydrogens (tertiary/aromatic N) is 4. The van der Waals surface area contributed by atoms with Gasteiger partial charge in [0.05, 0.1) is 12.8 Å². The summed E-state index contributed by atoms with van der Waals surface area (Å²) in [6.07, 6.45) is 10.0. The van der Waals surface area contributed by atoms with Crippen LogP contribution in [-0.4, -0.2) is 43.9 Å². The molecule has 3 heterocycles. The average molecular weight is 304 g/mol. The lowest BCUT2D eigenvalue weighted by Crippen LogP contribution is -2.38. The van der Waals surface area contributed by atoms with Gasteiger partial charge in [-0.25, -0.2) is 4.98 Å². The predicted molar refractivity (Wildman–Crippen MR) is 82.1 cm³/mol. The minimum atomic E-state index is -0.521. The molecule has 0 saturated carbocycles. The van der Waals surface area contributed by atoms with E-state index in [0.717, 1.165) is 32.5 Å². The molecule has 0 amide bonds. The van der Waals surface area contributed by atoms with Crippen molar-refractivity contribution in [1.29, 1.82) is 0 Å². The molecule has 2 atom stereocenters. The number of aliphatic hydroxyl groups is 1. The highest BCUT2D eigenvalue weighted by Crippen LogP contribution is 2.26. The topological polar surface area (TPSA) is 67.3 Å². The number of hydrogen-bond donors (Lipinski definition) is 1. The SMILES string of the molecule is O[C@H](C[C@H]1CCCCCN1CCn1cncn1)c1ccco1. The van der Waals surface area contributed by atoms with E-state index in [1.807, 2.05) is 16.8 Å². The van der Waals surface area contributed by atoms with E-state index in [1.54, 1.807) is 18.9 Å². The Balaban J connectivity index is 1.60. The Morgan fingerprint density at radius 3 is 3.05 bits per heavy atom. The number of aliphatic hydroxyl groups excluding tert-OH is 1. The van der Waals surface area contributed by atoms with E-state index in [4.69, 9.17) is 4.42 Å². The van der Waals surface area contributed by atoms with Crippen molar-refractivity contribution in [2.24, 2.45) is 0 Å². The van der Waals surface area contributed by atoms with Crippen LogP contribution >= 0.6 is 0 Å². The molecule has 2 aromatic rings. The number of likely N-dealkylation sites (tertiary alicyclic amines) is 1. The Bertz CT molecular complexity index is 526. The third-order valence-corrected chi connectivity index (χ3v) is 4.45. The van der Waals surface area contributed by atoms with E-state index < -0.39 is 6.10 Å². The molecule has 1 aliphatic rings. The van der Waals surface area contributed by atoms with Crippen molar-refractivity contribution < 1.29 is 9.52 Å². The van der Waals surface area contributed by atoms with Crippen molar-refractivity contribution in [3.63, 3.8) is 0 Å². The van der Waals surface area contributed by atoms with Gasteiger partial charge in [-0.05, 0) is 37.9 Å². The van der Waals surface area contributed by atoms with Gasteiger partial charge in [0.15, 0.2) is 0 Å². The van der Waals surface area contributed by atoms with Crippen molar-refractivity contribution in [3.8, 4) is 0 Å². The van der Waals surface area contributed by atoms with E-state index in [9.17, 15) is 5.11 Å². The van der Waals surface area contributed by atoms with Crippen LogP contribution in [0.5, 0.6) is 0 Å². The summed E-state index contributed by atoms with van der Waals surface area (Å²) in [6.45, 7) is 2.87. The fourth-order valence-corrected chi connectivity index (χ4v) is 3.23. The van der Waals surface area contributed by atoms with Crippen LogP contribution in [-0.2, 0) is 6.54 Å². The molecule has 1 N–H and O–H groups in total. The standard InChI is InChI=1S/C16H24N4O2/c21-15(16-6-4-10-22-16)11-14-5-2-1-3-7-19(14)8-9-20-13-17-12-18-20/h4,6,10,12-15,21H,1-3,5,7-9,11H2/t14-,15-/m1/s1. The molecule has 0 aliphatic carbocycles. The molecular weight excluding hydrogens is 280 g/mol. The maximum atomic E-state index is 10.4. The second kappa shape index (κ2) is 7.56. The van der Waals surface area contributed by atoms with Crippen LogP contribution in [0.25, 0.3) is 0 Å². The Labute approximate surface area is 130 Å². The van der Waals surface area contributed by atoms with Gasteiger partial charge in [0.1, 0.15) is 24.5 Å². The van der Waals surface area contributed by atoms with Gasteiger partial charge in [0, 0.05) is 12.6 Å². The zero-order chi connectivity index (χ0) is 15.2. The number of hydrogen-bond acceptors (Lipinski definition) is 5. The lowest BCUT2D eigenvalue weighted by molar-refractivity contribution is 0.0842. The first kappa shape index (κ1) is 15.2. The molecular formula is C16H24N4O2. The zero-order valence-corrected chi connectivity index (χ0v) is 12.8. The van der Waals surface area contributed by atoms with Crippen LogP contribution in [0.2, 0.25) is 0 Å². The second-order valence-corrected chi connectivity index (χ2v) is 5.96. The summed E-state index contributed by atoms with van der Waals surface area (Å²) in [5.74, 6) is 0.667. The Hall–Kier alpha value is -1.66. The number of rotatable bonds is 6. The first-order valence-electron chi connectivity index (χ1n) is 8.11.